The number of nitrogens with zero attached hydrogens (tertiary/aromatic N) is 4. The number of piperazine rings is 1. The highest BCUT2D eigenvalue weighted by atomic mass is 16.2. The van der Waals surface area contributed by atoms with Crippen molar-refractivity contribution in [2.45, 2.75) is 34.1 Å². The molecule has 0 radical (unpaired) electrons. The third kappa shape index (κ3) is 4.45. The number of carbonyl (C=O) groups excluding carboxylic acids is 1. The van der Waals surface area contributed by atoms with Gasteiger partial charge in [0, 0.05) is 43.5 Å². The second-order valence-electron chi connectivity index (χ2n) is 9.36. The van der Waals surface area contributed by atoms with Gasteiger partial charge in [-0.1, -0.05) is 62.7 Å². The lowest BCUT2D eigenvalue weighted by molar-refractivity contribution is -0.133. The second-order valence-corrected chi connectivity index (χ2v) is 9.36. The van der Waals surface area contributed by atoms with Crippen LogP contribution >= 0.6 is 0 Å². The average Bonchev–Trinajstić information content (AvgIpc) is 2.72. The molecule has 156 valence electrons. The highest BCUT2D eigenvalue weighted by Gasteiger charge is 2.26. The van der Waals surface area contributed by atoms with E-state index in [-0.39, 0.29) is 11.3 Å². The SMILES string of the molecule is Cc1ccc(-c2nc(N3CCN(C(=O)CC(C)(C)C)CC3)c3ccccc3n2)cc1. The molecule has 0 aliphatic carbocycles. The number of carbonyl (C=O) groups is 1. The Morgan fingerprint density at radius 3 is 2.27 bits per heavy atom. The lowest BCUT2D eigenvalue weighted by Gasteiger charge is -2.37. The van der Waals surface area contributed by atoms with Crippen LogP contribution in [-0.4, -0.2) is 47.0 Å². The van der Waals surface area contributed by atoms with Gasteiger partial charge in [-0.25, -0.2) is 9.97 Å². The minimum Gasteiger partial charge on any atom is -0.352 e. The normalized spacial score (nSPS) is 14.9. The van der Waals surface area contributed by atoms with Crippen molar-refractivity contribution >= 4 is 22.6 Å². The molecule has 4 rings (SSSR count). The van der Waals surface area contributed by atoms with Crippen molar-refractivity contribution in [2.75, 3.05) is 31.1 Å². The highest BCUT2D eigenvalue weighted by Crippen LogP contribution is 2.29. The maximum absolute atomic E-state index is 12.6. The Bertz CT molecular complexity index is 1040. The van der Waals surface area contributed by atoms with Gasteiger partial charge in [0.2, 0.25) is 5.91 Å². The number of benzene rings is 2. The van der Waals surface area contributed by atoms with E-state index in [1.165, 1.54) is 5.56 Å². The zero-order chi connectivity index (χ0) is 21.3. The molecule has 5 heteroatoms. The van der Waals surface area contributed by atoms with Gasteiger partial charge in [-0.05, 0) is 24.5 Å². The van der Waals surface area contributed by atoms with Gasteiger partial charge in [0.25, 0.3) is 0 Å². The molecule has 1 aromatic heterocycles. The quantitative estimate of drug-likeness (QED) is 0.638. The van der Waals surface area contributed by atoms with Crippen molar-refractivity contribution in [1.82, 2.24) is 14.9 Å². The number of fused-ring (bicyclic) bond motifs is 1. The average molecular weight is 403 g/mol. The van der Waals surface area contributed by atoms with Crippen LogP contribution in [-0.2, 0) is 4.79 Å². The number of aryl methyl sites for hydroxylation is 1. The second kappa shape index (κ2) is 8.05. The number of aromatic nitrogens is 2. The maximum atomic E-state index is 12.6. The van der Waals surface area contributed by atoms with Crippen LogP contribution in [0.4, 0.5) is 5.82 Å². The Kier molecular flexibility index (Phi) is 5.46. The van der Waals surface area contributed by atoms with Gasteiger partial charge >= 0.3 is 0 Å². The molecule has 2 heterocycles. The zero-order valence-corrected chi connectivity index (χ0v) is 18.4. The van der Waals surface area contributed by atoms with Crippen molar-refractivity contribution in [1.29, 1.82) is 0 Å². The van der Waals surface area contributed by atoms with Gasteiger partial charge in [-0.2, -0.15) is 0 Å². The number of hydrogen-bond donors (Lipinski definition) is 0. The van der Waals surface area contributed by atoms with Crippen LogP contribution in [0, 0.1) is 12.3 Å². The van der Waals surface area contributed by atoms with Crippen LogP contribution < -0.4 is 4.90 Å². The van der Waals surface area contributed by atoms with Gasteiger partial charge in [0.15, 0.2) is 5.82 Å². The van der Waals surface area contributed by atoms with E-state index >= 15 is 0 Å². The molecule has 0 bridgehead atoms. The third-order valence-electron chi connectivity index (χ3n) is 5.51. The Morgan fingerprint density at radius 2 is 1.60 bits per heavy atom. The van der Waals surface area contributed by atoms with Gasteiger partial charge < -0.3 is 9.80 Å². The predicted octanol–water partition coefficient (Wildman–Crippen LogP) is 4.69. The summed E-state index contributed by atoms with van der Waals surface area (Å²) < 4.78 is 0. The van der Waals surface area contributed by atoms with E-state index in [0.717, 1.165) is 54.3 Å². The first-order valence-electron chi connectivity index (χ1n) is 10.7. The van der Waals surface area contributed by atoms with Crippen molar-refractivity contribution in [3.63, 3.8) is 0 Å². The summed E-state index contributed by atoms with van der Waals surface area (Å²) in [5.41, 5.74) is 3.20. The molecule has 0 unspecified atom stereocenters. The number of para-hydroxylation sites is 1. The Labute approximate surface area is 178 Å². The molecule has 0 N–H and O–H groups in total. The first-order chi connectivity index (χ1) is 14.3. The van der Waals surface area contributed by atoms with Crippen molar-refractivity contribution in [3.8, 4) is 11.4 Å². The molecule has 1 fully saturated rings. The maximum Gasteiger partial charge on any atom is 0.223 e. The van der Waals surface area contributed by atoms with Gasteiger partial charge in [0.1, 0.15) is 5.82 Å². The standard InChI is InChI=1S/C25H30N4O/c1-18-9-11-19(12-10-18)23-26-21-8-6-5-7-20(21)24(27-23)29-15-13-28(14-16-29)22(30)17-25(2,3)4/h5-12H,13-17H2,1-4H3. The third-order valence-corrected chi connectivity index (χ3v) is 5.51. The Morgan fingerprint density at radius 1 is 0.933 bits per heavy atom. The zero-order valence-electron chi connectivity index (χ0n) is 18.4. The summed E-state index contributed by atoms with van der Waals surface area (Å²) in [5.74, 6) is 1.95. The van der Waals surface area contributed by atoms with E-state index < -0.39 is 0 Å². The first-order valence-corrected chi connectivity index (χ1v) is 10.7. The highest BCUT2D eigenvalue weighted by molar-refractivity contribution is 5.91. The Hall–Kier alpha value is -2.95. The van der Waals surface area contributed by atoms with Crippen molar-refractivity contribution in [3.05, 3.63) is 54.1 Å². The molecule has 1 aliphatic rings. The fraction of sp³-hybridized carbons (Fsp3) is 0.400. The van der Waals surface area contributed by atoms with Gasteiger partial charge in [0.05, 0.1) is 5.52 Å². The molecule has 0 saturated carbocycles. The minimum atomic E-state index is 0.0139. The van der Waals surface area contributed by atoms with Gasteiger partial charge in [-0.15, -0.1) is 0 Å². The van der Waals surface area contributed by atoms with Crippen LogP contribution in [0.2, 0.25) is 0 Å². The number of rotatable bonds is 3. The minimum absolute atomic E-state index is 0.0139. The lowest BCUT2D eigenvalue weighted by Crippen LogP contribution is -2.49. The van der Waals surface area contributed by atoms with Crippen molar-refractivity contribution in [2.24, 2.45) is 5.41 Å². The summed E-state index contributed by atoms with van der Waals surface area (Å²) in [6.45, 7) is 11.4. The van der Waals surface area contributed by atoms with Crippen LogP contribution in [0.3, 0.4) is 0 Å². The molecular weight excluding hydrogens is 372 g/mol. The summed E-state index contributed by atoms with van der Waals surface area (Å²) in [6, 6.07) is 16.5. The molecule has 1 saturated heterocycles. The largest absolute Gasteiger partial charge is 0.352 e. The predicted molar refractivity (Wildman–Crippen MR) is 123 cm³/mol. The molecule has 0 spiro atoms. The van der Waals surface area contributed by atoms with Gasteiger partial charge in [-0.3, -0.25) is 4.79 Å². The Balaban J connectivity index is 1.61. The van der Waals surface area contributed by atoms with Crippen LogP contribution in [0.25, 0.3) is 22.3 Å². The molecule has 5 nitrogen and oxygen atoms in total. The number of anilines is 1. The van der Waals surface area contributed by atoms with E-state index in [0.29, 0.717) is 6.42 Å². The lowest BCUT2D eigenvalue weighted by atomic mass is 9.91. The summed E-state index contributed by atoms with van der Waals surface area (Å²) in [5, 5.41) is 1.06. The monoisotopic (exact) mass is 402 g/mol. The first kappa shape index (κ1) is 20.3. The number of hydrogen-bond acceptors (Lipinski definition) is 4. The molecule has 3 aromatic rings. The smallest absolute Gasteiger partial charge is 0.223 e. The molecule has 1 aliphatic heterocycles. The fourth-order valence-electron chi connectivity index (χ4n) is 3.87. The fourth-order valence-corrected chi connectivity index (χ4v) is 3.87. The number of amides is 1. The van der Waals surface area contributed by atoms with Crippen LogP contribution in [0.1, 0.15) is 32.8 Å². The van der Waals surface area contributed by atoms with Crippen molar-refractivity contribution < 1.29 is 4.79 Å². The van der Waals surface area contributed by atoms with Crippen LogP contribution in [0.15, 0.2) is 48.5 Å². The molecule has 30 heavy (non-hydrogen) atoms. The summed E-state index contributed by atoms with van der Waals surface area (Å²) >= 11 is 0. The summed E-state index contributed by atoms with van der Waals surface area (Å²) in [7, 11) is 0. The van der Waals surface area contributed by atoms with E-state index in [4.69, 9.17) is 9.97 Å². The van der Waals surface area contributed by atoms with E-state index in [9.17, 15) is 4.79 Å². The molecule has 0 atom stereocenters. The molecule has 2 aromatic carbocycles. The molecular formula is C25H30N4O. The van der Waals surface area contributed by atoms with E-state index in [1.54, 1.807) is 0 Å². The summed E-state index contributed by atoms with van der Waals surface area (Å²) in [4.78, 5) is 26.7. The van der Waals surface area contributed by atoms with E-state index in [1.807, 2.05) is 23.1 Å². The van der Waals surface area contributed by atoms with Crippen LogP contribution in [0.5, 0.6) is 0 Å². The topological polar surface area (TPSA) is 49.3 Å². The molecule has 1 amide bonds. The summed E-state index contributed by atoms with van der Waals surface area (Å²) in [6.07, 6.45) is 0.584. The van der Waals surface area contributed by atoms with E-state index in [2.05, 4.69) is 62.9 Å².